The summed E-state index contributed by atoms with van der Waals surface area (Å²) in [4.78, 5) is 6.83. The summed E-state index contributed by atoms with van der Waals surface area (Å²) in [6.07, 6.45) is 1.76. The summed E-state index contributed by atoms with van der Waals surface area (Å²) in [5.41, 5.74) is 9.09. The highest BCUT2D eigenvalue weighted by Crippen LogP contribution is 2.19. The Kier molecular flexibility index (Phi) is 4.12. The molecule has 2 rings (SSSR count). The Labute approximate surface area is 119 Å². The van der Waals surface area contributed by atoms with Crippen LogP contribution >= 0.6 is 12.2 Å². The van der Waals surface area contributed by atoms with E-state index in [0.29, 0.717) is 4.99 Å². The third kappa shape index (κ3) is 3.09. The lowest BCUT2D eigenvalue weighted by Gasteiger charge is -2.21. The van der Waals surface area contributed by atoms with Crippen molar-refractivity contribution in [3.05, 3.63) is 59.3 Å². The van der Waals surface area contributed by atoms with Crippen LogP contribution < -0.4 is 10.6 Å². The fraction of sp³-hybridized carbons (Fsp3) is 0.200. The second kappa shape index (κ2) is 5.80. The standard InChI is InChI=1S/C15H17N3S/c1-11-6-3-4-7-12(11)10-18(2)15-13(14(16)19)8-5-9-17-15/h3-9H,10H2,1-2H3,(H2,16,19). The molecular formula is C15H17N3S. The minimum atomic E-state index is 0.375. The lowest BCUT2D eigenvalue weighted by molar-refractivity contribution is 0.889. The van der Waals surface area contributed by atoms with E-state index in [1.54, 1.807) is 6.20 Å². The van der Waals surface area contributed by atoms with Crippen LogP contribution in [0.25, 0.3) is 0 Å². The fourth-order valence-electron chi connectivity index (χ4n) is 2.01. The summed E-state index contributed by atoms with van der Waals surface area (Å²) >= 11 is 5.07. The molecule has 1 aromatic carbocycles. The Morgan fingerprint density at radius 2 is 2.00 bits per heavy atom. The number of aromatic nitrogens is 1. The Hall–Kier alpha value is -1.94. The van der Waals surface area contributed by atoms with Crippen molar-refractivity contribution in [1.82, 2.24) is 4.98 Å². The highest BCUT2D eigenvalue weighted by atomic mass is 32.1. The Balaban J connectivity index is 2.28. The van der Waals surface area contributed by atoms with Gasteiger partial charge in [-0.3, -0.25) is 0 Å². The van der Waals surface area contributed by atoms with Gasteiger partial charge in [-0.15, -0.1) is 0 Å². The van der Waals surface area contributed by atoms with E-state index in [1.807, 2.05) is 31.3 Å². The van der Waals surface area contributed by atoms with Crippen LogP contribution in [-0.4, -0.2) is 17.0 Å². The molecule has 0 amide bonds. The van der Waals surface area contributed by atoms with Crippen molar-refractivity contribution in [2.24, 2.45) is 5.73 Å². The van der Waals surface area contributed by atoms with Crippen LogP contribution in [0.2, 0.25) is 0 Å². The summed E-state index contributed by atoms with van der Waals surface area (Å²) < 4.78 is 0. The number of rotatable bonds is 4. The van der Waals surface area contributed by atoms with Gasteiger partial charge < -0.3 is 10.6 Å². The van der Waals surface area contributed by atoms with Gasteiger partial charge in [-0.25, -0.2) is 4.98 Å². The van der Waals surface area contributed by atoms with Crippen LogP contribution in [0.15, 0.2) is 42.6 Å². The molecule has 0 aliphatic heterocycles. The molecule has 0 aliphatic carbocycles. The molecule has 4 heteroatoms. The fourth-order valence-corrected chi connectivity index (χ4v) is 2.17. The third-order valence-corrected chi connectivity index (χ3v) is 3.30. The molecule has 0 bridgehead atoms. The van der Waals surface area contributed by atoms with Gasteiger partial charge in [-0.05, 0) is 30.2 Å². The van der Waals surface area contributed by atoms with E-state index < -0.39 is 0 Å². The van der Waals surface area contributed by atoms with Gasteiger partial charge >= 0.3 is 0 Å². The monoisotopic (exact) mass is 271 g/mol. The van der Waals surface area contributed by atoms with Crippen molar-refractivity contribution in [3.8, 4) is 0 Å². The largest absolute Gasteiger partial charge is 0.389 e. The summed E-state index contributed by atoms with van der Waals surface area (Å²) in [6, 6.07) is 12.1. The van der Waals surface area contributed by atoms with Crippen molar-refractivity contribution in [3.63, 3.8) is 0 Å². The number of aryl methyl sites for hydroxylation is 1. The maximum atomic E-state index is 5.74. The lowest BCUT2D eigenvalue weighted by Crippen LogP contribution is -2.23. The molecule has 19 heavy (non-hydrogen) atoms. The first-order valence-electron chi connectivity index (χ1n) is 6.10. The van der Waals surface area contributed by atoms with Crippen LogP contribution in [0.5, 0.6) is 0 Å². The minimum absolute atomic E-state index is 0.375. The lowest BCUT2D eigenvalue weighted by atomic mass is 10.1. The second-order valence-corrected chi connectivity index (χ2v) is 4.96. The van der Waals surface area contributed by atoms with E-state index >= 15 is 0 Å². The number of anilines is 1. The first-order valence-corrected chi connectivity index (χ1v) is 6.51. The topological polar surface area (TPSA) is 42.2 Å². The van der Waals surface area contributed by atoms with Gasteiger partial charge in [0.1, 0.15) is 10.8 Å². The molecule has 0 atom stereocenters. The van der Waals surface area contributed by atoms with Crippen LogP contribution in [0.1, 0.15) is 16.7 Å². The number of pyridine rings is 1. The molecule has 2 aromatic rings. The van der Waals surface area contributed by atoms with Gasteiger partial charge in [0.2, 0.25) is 0 Å². The third-order valence-electron chi connectivity index (χ3n) is 3.08. The molecular weight excluding hydrogens is 254 g/mol. The van der Waals surface area contributed by atoms with Crippen LogP contribution in [-0.2, 0) is 6.54 Å². The van der Waals surface area contributed by atoms with Gasteiger partial charge in [-0.1, -0.05) is 36.5 Å². The van der Waals surface area contributed by atoms with Crippen molar-refractivity contribution < 1.29 is 0 Å². The Morgan fingerprint density at radius 3 is 2.68 bits per heavy atom. The molecule has 0 fully saturated rings. The highest BCUT2D eigenvalue weighted by Gasteiger charge is 2.11. The normalized spacial score (nSPS) is 10.2. The van der Waals surface area contributed by atoms with Crippen molar-refractivity contribution in [2.45, 2.75) is 13.5 Å². The number of nitrogens with zero attached hydrogens (tertiary/aromatic N) is 2. The summed E-state index contributed by atoms with van der Waals surface area (Å²) in [6.45, 7) is 2.88. The Bertz CT molecular complexity index is 595. The number of thiocarbonyl (C=S) groups is 1. The smallest absolute Gasteiger partial charge is 0.138 e. The van der Waals surface area contributed by atoms with Gasteiger partial charge in [0, 0.05) is 19.8 Å². The molecule has 98 valence electrons. The van der Waals surface area contributed by atoms with Crippen LogP contribution in [0, 0.1) is 6.92 Å². The molecule has 1 aromatic heterocycles. The highest BCUT2D eigenvalue weighted by molar-refractivity contribution is 7.80. The first kappa shape index (κ1) is 13.5. The number of hydrogen-bond acceptors (Lipinski definition) is 3. The van der Waals surface area contributed by atoms with Crippen LogP contribution in [0.3, 0.4) is 0 Å². The molecule has 1 heterocycles. The first-order chi connectivity index (χ1) is 9.09. The number of hydrogen-bond donors (Lipinski definition) is 1. The second-order valence-electron chi connectivity index (χ2n) is 4.52. The molecule has 0 spiro atoms. The molecule has 0 unspecified atom stereocenters. The zero-order valence-electron chi connectivity index (χ0n) is 11.1. The Morgan fingerprint density at radius 1 is 1.26 bits per heavy atom. The zero-order valence-corrected chi connectivity index (χ0v) is 11.9. The number of nitrogens with two attached hydrogens (primary N) is 1. The van der Waals surface area contributed by atoms with Gasteiger partial charge in [0.25, 0.3) is 0 Å². The minimum Gasteiger partial charge on any atom is -0.389 e. The predicted molar refractivity (Wildman–Crippen MR) is 83.4 cm³/mol. The van der Waals surface area contributed by atoms with E-state index in [-0.39, 0.29) is 0 Å². The van der Waals surface area contributed by atoms with Crippen LogP contribution in [0.4, 0.5) is 5.82 Å². The molecule has 0 saturated heterocycles. The summed E-state index contributed by atoms with van der Waals surface area (Å²) in [5, 5.41) is 0. The molecule has 0 aliphatic rings. The van der Waals surface area contributed by atoms with E-state index in [2.05, 4.69) is 28.9 Å². The van der Waals surface area contributed by atoms with E-state index in [0.717, 1.165) is 17.9 Å². The van der Waals surface area contributed by atoms with Gasteiger partial charge in [0.05, 0.1) is 5.56 Å². The maximum Gasteiger partial charge on any atom is 0.138 e. The van der Waals surface area contributed by atoms with Crippen molar-refractivity contribution in [1.29, 1.82) is 0 Å². The molecule has 2 N–H and O–H groups in total. The predicted octanol–water partition coefficient (Wildman–Crippen LogP) is 2.66. The molecule has 0 saturated carbocycles. The van der Waals surface area contributed by atoms with Crippen molar-refractivity contribution >= 4 is 23.0 Å². The van der Waals surface area contributed by atoms with E-state index in [4.69, 9.17) is 18.0 Å². The summed E-state index contributed by atoms with van der Waals surface area (Å²) in [7, 11) is 2.00. The summed E-state index contributed by atoms with van der Waals surface area (Å²) in [5.74, 6) is 0.818. The van der Waals surface area contributed by atoms with E-state index in [1.165, 1.54) is 11.1 Å². The average molecular weight is 271 g/mol. The quantitative estimate of drug-likeness (QED) is 0.868. The van der Waals surface area contributed by atoms with Crippen molar-refractivity contribution in [2.75, 3.05) is 11.9 Å². The molecule has 3 nitrogen and oxygen atoms in total. The SMILES string of the molecule is Cc1ccccc1CN(C)c1ncccc1C(N)=S. The molecule has 0 radical (unpaired) electrons. The van der Waals surface area contributed by atoms with E-state index in [9.17, 15) is 0 Å². The zero-order chi connectivity index (χ0) is 13.8. The number of benzene rings is 1. The van der Waals surface area contributed by atoms with Gasteiger partial charge in [-0.2, -0.15) is 0 Å². The average Bonchev–Trinajstić information content (AvgIpc) is 2.41. The maximum absolute atomic E-state index is 5.74. The van der Waals surface area contributed by atoms with Gasteiger partial charge in [0.15, 0.2) is 0 Å².